The zero-order valence-corrected chi connectivity index (χ0v) is 19.1. The Balaban J connectivity index is 1.50. The first kappa shape index (κ1) is 21.7. The Kier molecular flexibility index (Phi) is 6.27. The standard InChI is InChI=1S/C24H29N3O3S/c1-18(2)20-9-11-21(12-10-20)31(28,29)27-14-13-24-22(15-27)23(25-26(24)3)17-30-16-19-7-5-4-6-8-19/h4-12,18H,13-17H2,1-3H3. The van der Waals surface area contributed by atoms with Crippen molar-refractivity contribution in [3.8, 4) is 0 Å². The molecular formula is C24H29N3O3S. The van der Waals surface area contributed by atoms with E-state index in [4.69, 9.17) is 4.74 Å². The predicted molar refractivity (Wildman–Crippen MR) is 120 cm³/mol. The lowest BCUT2D eigenvalue weighted by molar-refractivity contribution is 0.103. The second kappa shape index (κ2) is 8.94. The minimum absolute atomic E-state index is 0.321. The fraction of sp³-hybridized carbons (Fsp3) is 0.375. The molecule has 164 valence electrons. The number of nitrogens with zero attached hydrogens (tertiary/aromatic N) is 3. The van der Waals surface area contributed by atoms with E-state index in [-0.39, 0.29) is 0 Å². The van der Waals surface area contributed by atoms with E-state index in [9.17, 15) is 8.42 Å². The molecule has 31 heavy (non-hydrogen) atoms. The molecule has 3 aromatic rings. The van der Waals surface area contributed by atoms with E-state index in [0.717, 1.165) is 28.1 Å². The zero-order chi connectivity index (χ0) is 22.0. The van der Waals surface area contributed by atoms with Crippen molar-refractivity contribution in [2.45, 2.75) is 50.8 Å². The number of hydrogen-bond donors (Lipinski definition) is 0. The summed E-state index contributed by atoms with van der Waals surface area (Å²) in [5, 5.41) is 4.61. The molecule has 0 atom stereocenters. The van der Waals surface area contributed by atoms with Gasteiger partial charge in [-0.05, 0) is 29.2 Å². The Bertz CT molecular complexity index is 1140. The van der Waals surface area contributed by atoms with E-state index < -0.39 is 10.0 Å². The molecule has 0 bridgehead atoms. The molecule has 0 saturated heterocycles. The van der Waals surface area contributed by atoms with Crippen molar-refractivity contribution in [1.82, 2.24) is 14.1 Å². The maximum absolute atomic E-state index is 13.3. The summed E-state index contributed by atoms with van der Waals surface area (Å²) >= 11 is 0. The predicted octanol–water partition coefficient (Wildman–Crippen LogP) is 4.01. The van der Waals surface area contributed by atoms with Crippen molar-refractivity contribution in [2.24, 2.45) is 7.05 Å². The smallest absolute Gasteiger partial charge is 0.243 e. The van der Waals surface area contributed by atoms with Crippen LogP contribution in [0.2, 0.25) is 0 Å². The van der Waals surface area contributed by atoms with Crippen LogP contribution in [0.4, 0.5) is 0 Å². The van der Waals surface area contributed by atoms with Gasteiger partial charge in [-0.3, -0.25) is 4.68 Å². The number of rotatable bonds is 7. The highest BCUT2D eigenvalue weighted by Gasteiger charge is 2.32. The first-order valence-electron chi connectivity index (χ1n) is 10.6. The van der Waals surface area contributed by atoms with Crippen molar-refractivity contribution < 1.29 is 13.2 Å². The Morgan fingerprint density at radius 1 is 1.03 bits per heavy atom. The van der Waals surface area contributed by atoms with Crippen LogP contribution < -0.4 is 0 Å². The quantitative estimate of drug-likeness (QED) is 0.558. The van der Waals surface area contributed by atoms with Gasteiger partial charge in [0.2, 0.25) is 10.0 Å². The van der Waals surface area contributed by atoms with Gasteiger partial charge in [0.15, 0.2) is 0 Å². The van der Waals surface area contributed by atoms with Crippen LogP contribution in [0.15, 0.2) is 59.5 Å². The molecule has 1 aliphatic heterocycles. The fourth-order valence-electron chi connectivity index (χ4n) is 3.98. The fourth-order valence-corrected chi connectivity index (χ4v) is 5.39. The SMILES string of the molecule is CC(C)c1ccc(S(=O)(=O)N2CCc3c(c(COCc4ccccc4)nn3C)C2)cc1. The third kappa shape index (κ3) is 4.59. The largest absolute Gasteiger partial charge is 0.370 e. The highest BCUT2D eigenvalue weighted by molar-refractivity contribution is 7.89. The molecule has 0 saturated carbocycles. The van der Waals surface area contributed by atoms with E-state index >= 15 is 0 Å². The average molecular weight is 440 g/mol. The number of aryl methyl sites for hydroxylation is 1. The van der Waals surface area contributed by atoms with E-state index in [1.54, 1.807) is 16.4 Å². The normalized spacial score (nSPS) is 14.7. The molecule has 1 aliphatic rings. The molecule has 0 amide bonds. The lowest BCUT2D eigenvalue weighted by Crippen LogP contribution is -2.36. The van der Waals surface area contributed by atoms with Crippen molar-refractivity contribution in [3.63, 3.8) is 0 Å². The Labute approximate surface area is 184 Å². The molecule has 0 radical (unpaired) electrons. The minimum atomic E-state index is -3.56. The lowest BCUT2D eigenvalue weighted by atomic mass is 10.0. The van der Waals surface area contributed by atoms with Gasteiger partial charge in [-0.1, -0.05) is 56.3 Å². The van der Waals surface area contributed by atoms with Crippen molar-refractivity contribution in [1.29, 1.82) is 0 Å². The summed E-state index contributed by atoms with van der Waals surface area (Å²) in [6, 6.07) is 17.2. The van der Waals surface area contributed by atoms with Crippen LogP contribution in [-0.2, 0) is 48.0 Å². The molecule has 1 aromatic heterocycles. The number of benzene rings is 2. The van der Waals surface area contributed by atoms with Gasteiger partial charge >= 0.3 is 0 Å². The summed E-state index contributed by atoms with van der Waals surface area (Å²) in [4.78, 5) is 0.339. The summed E-state index contributed by atoms with van der Waals surface area (Å²) in [6.45, 7) is 5.82. The van der Waals surface area contributed by atoms with Crippen LogP contribution in [0.3, 0.4) is 0 Å². The molecule has 2 heterocycles. The number of aromatic nitrogens is 2. The van der Waals surface area contributed by atoms with Gasteiger partial charge in [-0.2, -0.15) is 9.40 Å². The summed E-state index contributed by atoms with van der Waals surface area (Å²) in [5.41, 5.74) is 5.08. The molecule has 6 nitrogen and oxygen atoms in total. The zero-order valence-electron chi connectivity index (χ0n) is 18.3. The first-order valence-corrected chi connectivity index (χ1v) is 12.1. The van der Waals surface area contributed by atoms with E-state index in [0.29, 0.717) is 43.5 Å². The van der Waals surface area contributed by atoms with Crippen LogP contribution in [-0.4, -0.2) is 29.0 Å². The Hall–Kier alpha value is -2.48. The summed E-state index contributed by atoms with van der Waals surface area (Å²) < 4.78 is 35.8. The van der Waals surface area contributed by atoms with Crippen LogP contribution >= 0.6 is 0 Å². The molecule has 0 N–H and O–H groups in total. The summed E-state index contributed by atoms with van der Waals surface area (Å²) in [5.74, 6) is 0.364. The van der Waals surface area contributed by atoms with Crippen LogP contribution in [0.5, 0.6) is 0 Å². The van der Waals surface area contributed by atoms with Crippen LogP contribution in [0.1, 0.15) is 47.8 Å². The minimum Gasteiger partial charge on any atom is -0.370 e. The molecule has 0 aliphatic carbocycles. The van der Waals surface area contributed by atoms with Gasteiger partial charge in [0.25, 0.3) is 0 Å². The lowest BCUT2D eigenvalue weighted by Gasteiger charge is -2.27. The van der Waals surface area contributed by atoms with Gasteiger partial charge < -0.3 is 4.74 Å². The first-order chi connectivity index (χ1) is 14.9. The topological polar surface area (TPSA) is 64.4 Å². The monoisotopic (exact) mass is 439 g/mol. The molecule has 0 spiro atoms. The third-order valence-electron chi connectivity index (χ3n) is 5.83. The molecule has 4 rings (SSSR count). The second-order valence-electron chi connectivity index (χ2n) is 8.29. The average Bonchev–Trinajstić information content (AvgIpc) is 3.09. The van der Waals surface area contributed by atoms with Gasteiger partial charge in [0.05, 0.1) is 23.8 Å². The molecule has 0 fully saturated rings. The summed E-state index contributed by atoms with van der Waals surface area (Å²) in [7, 11) is -1.65. The molecule has 7 heteroatoms. The Morgan fingerprint density at radius 2 is 1.74 bits per heavy atom. The van der Waals surface area contributed by atoms with E-state index in [1.165, 1.54) is 0 Å². The molecule has 2 aromatic carbocycles. The van der Waals surface area contributed by atoms with Gasteiger partial charge in [0.1, 0.15) is 0 Å². The third-order valence-corrected chi connectivity index (χ3v) is 7.68. The van der Waals surface area contributed by atoms with Crippen molar-refractivity contribution >= 4 is 10.0 Å². The van der Waals surface area contributed by atoms with Crippen LogP contribution in [0, 0.1) is 0 Å². The number of ether oxygens (including phenoxy) is 1. The van der Waals surface area contributed by atoms with E-state index in [1.807, 2.05) is 54.2 Å². The van der Waals surface area contributed by atoms with Crippen molar-refractivity contribution in [2.75, 3.05) is 6.54 Å². The second-order valence-corrected chi connectivity index (χ2v) is 10.2. The highest BCUT2D eigenvalue weighted by Crippen LogP contribution is 2.28. The maximum atomic E-state index is 13.3. The Morgan fingerprint density at radius 3 is 2.42 bits per heavy atom. The van der Waals surface area contributed by atoms with Crippen molar-refractivity contribution in [3.05, 3.63) is 82.7 Å². The van der Waals surface area contributed by atoms with Gasteiger partial charge in [0, 0.05) is 37.8 Å². The highest BCUT2D eigenvalue weighted by atomic mass is 32.2. The molecular weight excluding hydrogens is 410 g/mol. The van der Waals surface area contributed by atoms with Crippen LogP contribution in [0.25, 0.3) is 0 Å². The summed E-state index contributed by atoms with van der Waals surface area (Å²) in [6.07, 6.45) is 0.640. The number of sulfonamides is 1. The molecule has 0 unspecified atom stereocenters. The number of fused-ring (bicyclic) bond motifs is 1. The maximum Gasteiger partial charge on any atom is 0.243 e. The van der Waals surface area contributed by atoms with Gasteiger partial charge in [-0.15, -0.1) is 0 Å². The van der Waals surface area contributed by atoms with E-state index in [2.05, 4.69) is 18.9 Å². The van der Waals surface area contributed by atoms with Gasteiger partial charge in [-0.25, -0.2) is 8.42 Å². The number of hydrogen-bond acceptors (Lipinski definition) is 4.